The van der Waals surface area contributed by atoms with Gasteiger partial charge in [0.2, 0.25) is 0 Å². The van der Waals surface area contributed by atoms with Gasteiger partial charge in [0.1, 0.15) is 12.1 Å². The van der Waals surface area contributed by atoms with Crippen LogP contribution in [0.25, 0.3) is 143 Å². The van der Waals surface area contributed by atoms with Crippen molar-refractivity contribution in [2.24, 2.45) is 0 Å². The van der Waals surface area contributed by atoms with Crippen LogP contribution in [0.3, 0.4) is 0 Å². The first-order valence-electron chi connectivity index (χ1n) is 32.2. The quantitative estimate of drug-likeness (QED) is 0.140. The monoisotopic (exact) mass is 1440 g/mol. The van der Waals surface area contributed by atoms with E-state index in [1.807, 2.05) is 0 Å². The minimum atomic E-state index is -5.50. The molecule has 4 heterocycles. The Morgan fingerprint density at radius 1 is 0.222 bits per heavy atom. The lowest BCUT2D eigenvalue weighted by molar-refractivity contribution is -0.144. The molecule has 0 fully saturated rings. The summed E-state index contributed by atoms with van der Waals surface area (Å²) in [6.07, 6.45) is -21.4. The Balaban J connectivity index is 0.959. The first-order chi connectivity index (χ1) is 51.7. The van der Waals surface area contributed by atoms with Crippen LogP contribution in [0.2, 0.25) is 0 Å². The van der Waals surface area contributed by atoms with Crippen LogP contribution in [0, 0.1) is 90.6 Å². The number of hydrogen-bond donors (Lipinski definition) is 0. The smallest absolute Gasteiger partial charge is 0.309 e. The van der Waals surface area contributed by atoms with Gasteiger partial charge in [-0.15, -0.1) is 0 Å². The van der Waals surface area contributed by atoms with E-state index in [9.17, 15) is 68.4 Å². The van der Waals surface area contributed by atoms with E-state index in [1.165, 1.54) is 111 Å². The lowest BCUT2D eigenvalue weighted by Gasteiger charge is -2.22. The molecule has 0 N–H and O–H groups in total. The average molecular weight is 1440 g/mol. The second-order valence-corrected chi connectivity index (χ2v) is 25.3. The van der Waals surface area contributed by atoms with E-state index in [1.54, 1.807) is 77.4 Å². The minimum absolute atomic E-state index is 0.00483. The molecule has 108 heavy (non-hydrogen) atoms. The summed E-state index contributed by atoms with van der Waals surface area (Å²) >= 11 is 0. The highest BCUT2D eigenvalue weighted by atomic mass is 19.4. The molecule has 514 valence electrons. The number of alkyl halides is 12. The molecule has 0 bridgehead atoms. The maximum atomic E-state index is 15.8. The van der Waals surface area contributed by atoms with E-state index in [4.69, 9.17) is 0 Å². The van der Waals surface area contributed by atoms with Crippen LogP contribution in [0.1, 0.15) is 66.8 Å². The number of benzene rings is 12. The van der Waals surface area contributed by atoms with Crippen molar-refractivity contribution in [2.75, 3.05) is 0 Å². The first-order valence-corrected chi connectivity index (χ1v) is 32.2. The predicted octanol–water partition coefficient (Wildman–Crippen LogP) is 22.1. The number of nitrogens with zero attached hydrogens (tertiary/aromatic N) is 12. The fourth-order valence-electron chi connectivity index (χ4n) is 14.8. The second-order valence-electron chi connectivity index (χ2n) is 25.3. The van der Waals surface area contributed by atoms with Crippen LogP contribution in [-0.2, 0) is 24.7 Å². The van der Waals surface area contributed by atoms with Crippen LogP contribution in [0.15, 0.2) is 206 Å². The Bertz CT molecular complexity index is 7050. The van der Waals surface area contributed by atoms with Crippen molar-refractivity contribution in [1.29, 1.82) is 42.1 Å². The zero-order valence-electron chi connectivity index (χ0n) is 54.5. The summed E-state index contributed by atoms with van der Waals surface area (Å²) in [7, 11) is 0. The molecule has 0 unspecified atom stereocenters. The molecule has 4 aromatic heterocycles. The number of hydrogen-bond acceptors (Lipinski definition) is 8. The van der Waals surface area contributed by atoms with Gasteiger partial charge < -0.3 is 18.3 Å². The summed E-state index contributed by atoms with van der Waals surface area (Å²) in [4.78, 5) is 0. The predicted molar refractivity (Wildman–Crippen MR) is 378 cm³/mol. The maximum Gasteiger partial charge on any atom is 0.417 e. The van der Waals surface area contributed by atoms with Crippen molar-refractivity contribution in [2.45, 2.75) is 24.7 Å². The SMILES string of the molecule is N#Cc1ccc2c(c1)c1cc(-c3cc4c5ccc(C#N)cc5n(-c5cc(C#N)c(-n6c7cc(C#N)ccc7c7ccc(C#N)cc76)cc5-c5ccc(C(F)(F)F)cc5C(F)(F)F)c4cc3C#N)ccc1n2-c1cc(-c2ccc(C(F)(F)F)cc2C(F)(F)F)c(-n2c3ccccc3c3cc(C#N)ccc32)cc1C#N. The Kier molecular flexibility index (Phi) is 15.2. The summed E-state index contributed by atoms with van der Waals surface area (Å²) in [5, 5.41) is 88.4. The van der Waals surface area contributed by atoms with Crippen LogP contribution in [0.4, 0.5) is 52.7 Å². The van der Waals surface area contributed by atoms with Gasteiger partial charge in [-0.05, 0) is 168 Å². The van der Waals surface area contributed by atoms with Crippen molar-refractivity contribution in [3.05, 3.63) is 273 Å². The molecule has 0 atom stereocenters. The molecule has 0 saturated heterocycles. The van der Waals surface area contributed by atoms with Gasteiger partial charge >= 0.3 is 24.7 Å². The highest BCUT2D eigenvalue weighted by molar-refractivity contribution is 6.16. The van der Waals surface area contributed by atoms with E-state index >= 15 is 26.3 Å². The summed E-state index contributed by atoms with van der Waals surface area (Å²) < 4.78 is 187. The molecular formula is C84H34F12N12. The summed E-state index contributed by atoms with van der Waals surface area (Å²) in [5.41, 5.74) is -7.14. The van der Waals surface area contributed by atoms with Gasteiger partial charge in [-0.1, -0.05) is 54.6 Å². The van der Waals surface area contributed by atoms with E-state index in [2.05, 4.69) is 48.6 Å². The number of fused-ring (bicyclic) bond motifs is 12. The maximum absolute atomic E-state index is 15.8. The van der Waals surface area contributed by atoms with Crippen LogP contribution < -0.4 is 0 Å². The Morgan fingerprint density at radius 2 is 0.565 bits per heavy atom. The van der Waals surface area contributed by atoms with E-state index in [0.717, 1.165) is 0 Å². The van der Waals surface area contributed by atoms with Gasteiger partial charge in [0.05, 0.1) is 170 Å². The van der Waals surface area contributed by atoms with Crippen molar-refractivity contribution in [3.63, 3.8) is 0 Å². The first kappa shape index (κ1) is 67.4. The molecular weight excluding hydrogens is 1400 g/mol. The lowest BCUT2D eigenvalue weighted by Crippen LogP contribution is -2.13. The van der Waals surface area contributed by atoms with Gasteiger partial charge in [0, 0.05) is 59.8 Å². The number of rotatable bonds is 7. The third-order valence-electron chi connectivity index (χ3n) is 19.5. The molecule has 0 amide bonds. The minimum Gasteiger partial charge on any atom is -0.309 e. The third kappa shape index (κ3) is 10.6. The number of nitriles is 8. The molecule has 16 rings (SSSR count). The molecule has 12 nitrogen and oxygen atoms in total. The average Bonchev–Trinajstić information content (AvgIpc) is 1.54. The molecule has 0 spiro atoms. The highest BCUT2D eigenvalue weighted by Crippen LogP contribution is 2.51. The van der Waals surface area contributed by atoms with Crippen molar-refractivity contribution in [1.82, 2.24) is 18.3 Å². The zero-order valence-corrected chi connectivity index (χ0v) is 54.5. The molecule has 12 aromatic carbocycles. The molecule has 0 radical (unpaired) electrons. The van der Waals surface area contributed by atoms with Crippen LogP contribution in [0.5, 0.6) is 0 Å². The van der Waals surface area contributed by atoms with Gasteiger partial charge in [-0.2, -0.15) is 94.8 Å². The summed E-state index contributed by atoms with van der Waals surface area (Å²) in [6.45, 7) is 0. The van der Waals surface area contributed by atoms with Gasteiger partial charge in [-0.3, -0.25) is 0 Å². The van der Waals surface area contributed by atoms with E-state index < -0.39 is 63.6 Å². The zero-order chi connectivity index (χ0) is 75.9. The van der Waals surface area contributed by atoms with Gasteiger partial charge in [0.15, 0.2) is 0 Å². The topological polar surface area (TPSA) is 210 Å². The Hall–Kier alpha value is -15.1. The lowest BCUT2D eigenvalue weighted by atomic mass is 9.93. The fraction of sp³-hybridized carbons (Fsp3) is 0.0476. The summed E-state index contributed by atoms with van der Waals surface area (Å²) in [5.74, 6) is 0. The second kappa shape index (κ2) is 24.3. The molecule has 16 aromatic rings. The summed E-state index contributed by atoms with van der Waals surface area (Å²) in [6, 6.07) is 61.2. The normalized spacial score (nSPS) is 12.0. The molecule has 0 aliphatic heterocycles. The number of halogens is 12. The highest BCUT2D eigenvalue weighted by Gasteiger charge is 2.42. The Labute approximate surface area is 599 Å². The molecule has 0 saturated carbocycles. The van der Waals surface area contributed by atoms with Gasteiger partial charge in [-0.25, -0.2) is 0 Å². The Morgan fingerprint density at radius 3 is 1.00 bits per heavy atom. The van der Waals surface area contributed by atoms with Crippen LogP contribution >= 0.6 is 0 Å². The van der Waals surface area contributed by atoms with E-state index in [0.29, 0.717) is 67.6 Å². The third-order valence-corrected chi connectivity index (χ3v) is 19.5. The molecule has 24 heteroatoms. The fourth-order valence-corrected chi connectivity index (χ4v) is 14.8. The van der Waals surface area contributed by atoms with Crippen molar-refractivity contribution < 1.29 is 52.7 Å². The van der Waals surface area contributed by atoms with E-state index in [-0.39, 0.29) is 140 Å². The molecule has 0 aliphatic carbocycles. The van der Waals surface area contributed by atoms with Gasteiger partial charge in [0.25, 0.3) is 0 Å². The number of aromatic nitrogens is 4. The van der Waals surface area contributed by atoms with Crippen molar-refractivity contribution >= 4 is 87.2 Å². The number of para-hydroxylation sites is 1. The molecule has 0 aliphatic rings. The van der Waals surface area contributed by atoms with Crippen LogP contribution in [-0.4, -0.2) is 18.3 Å². The largest absolute Gasteiger partial charge is 0.417 e. The van der Waals surface area contributed by atoms with Crippen molar-refractivity contribution in [3.8, 4) is 105 Å². The standard InChI is InChI=1S/C84H34F12N12/c85-81(86,87)52-11-16-54(67(30-52)83(91,92)93)65-33-73(50(41-103)28-79(65)106-69-4-2-1-3-56(69)61-21-43(35-97)8-18-70(61)106)105-71-19-9-44(36-98)22-62(71)63-26-48(10-20-72(63)105)60-32-64-59-15-7-47(39-101)25-77(59)108(78(64)27-49(60)40-102)80-29-51(42-104)74(34-66(80)55-17-12-53(82(88,89)90)31-68(55)84(94,95)96)107-75-23-45(37-99)5-13-57(75)58-14-6-46(38-100)24-76(58)107/h1-34H.